The van der Waals surface area contributed by atoms with Crippen LogP contribution in [0.15, 0.2) is 48.5 Å². The molecule has 110 valence electrons. The highest BCUT2D eigenvalue weighted by Gasteiger charge is 2.32. The fourth-order valence-electron chi connectivity index (χ4n) is 3.08. The van der Waals surface area contributed by atoms with Gasteiger partial charge in [-0.1, -0.05) is 48.0 Å². The first kappa shape index (κ1) is 14.6. The molecular formula is C18H19ClFN. The Morgan fingerprint density at radius 2 is 1.76 bits per heavy atom. The van der Waals surface area contributed by atoms with Crippen LogP contribution in [0.3, 0.4) is 0 Å². The normalized spacial score (nSPS) is 22.6. The van der Waals surface area contributed by atoms with Crippen molar-refractivity contribution in [3.8, 4) is 0 Å². The Bertz CT molecular complexity index is 622. The van der Waals surface area contributed by atoms with E-state index in [-0.39, 0.29) is 11.9 Å². The second-order valence-corrected chi connectivity index (χ2v) is 6.20. The summed E-state index contributed by atoms with van der Waals surface area (Å²) in [5.74, 6) is 0.252. The summed E-state index contributed by atoms with van der Waals surface area (Å²) < 4.78 is 13.7. The predicted octanol–water partition coefficient (Wildman–Crippen LogP) is 5.08. The van der Waals surface area contributed by atoms with Gasteiger partial charge < -0.3 is 5.32 Å². The lowest BCUT2D eigenvalue weighted by atomic mass is 9.75. The van der Waals surface area contributed by atoms with Crippen molar-refractivity contribution in [2.24, 2.45) is 0 Å². The van der Waals surface area contributed by atoms with Crippen LogP contribution in [0.1, 0.15) is 42.9 Å². The van der Waals surface area contributed by atoms with Crippen molar-refractivity contribution in [3.05, 3.63) is 70.5 Å². The minimum atomic E-state index is -0.0832. The number of hydrogen-bond acceptors (Lipinski definition) is 1. The van der Waals surface area contributed by atoms with Gasteiger partial charge in [0.1, 0.15) is 5.82 Å². The quantitative estimate of drug-likeness (QED) is 0.831. The molecule has 0 bridgehead atoms. The minimum absolute atomic E-state index is 0.0832. The van der Waals surface area contributed by atoms with Crippen molar-refractivity contribution < 1.29 is 4.39 Å². The van der Waals surface area contributed by atoms with E-state index < -0.39 is 0 Å². The lowest BCUT2D eigenvalue weighted by molar-refractivity contribution is 0.266. The highest BCUT2D eigenvalue weighted by atomic mass is 35.5. The summed E-state index contributed by atoms with van der Waals surface area (Å²) in [6.07, 6.45) is 1.96. The van der Waals surface area contributed by atoms with E-state index in [4.69, 9.17) is 11.6 Å². The first-order valence-electron chi connectivity index (χ1n) is 7.40. The van der Waals surface area contributed by atoms with E-state index in [2.05, 4.69) is 12.2 Å². The molecule has 1 N–H and O–H groups in total. The molecule has 0 aliphatic heterocycles. The van der Waals surface area contributed by atoms with Gasteiger partial charge in [0.2, 0.25) is 0 Å². The van der Waals surface area contributed by atoms with Crippen LogP contribution in [0.25, 0.3) is 0 Å². The van der Waals surface area contributed by atoms with Gasteiger partial charge in [-0.2, -0.15) is 0 Å². The summed E-state index contributed by atoms with van der Waals surface area (Å²) >= 11 is 6.22. The Labute approximate surface area is 130 Å². The molecular weight excluding hydrogens is 285 g/mol. The molecule has 1 unspecified atom stereocenters. The van der Waals surface area contributed by atoms with Crippen LogP contribution < -0.4 is 5.32 Å². The smallest absolute Gasteiger partial charge is 0.126 e. The maximum absolute atomic E-state index is 13.7. The SMILES string of the molecule is CC(NC1CC(c2ccccc2F)C1)c1ccccc1Cl. The van der Waals surface area contributed by atoms with Gasteiger partial charge >= 0.3 is 0 Å². The number of benzene rings is 2. The van der Waals surface area contributed by atoms with Gasteiger partial charge in [-0.3, -0.25) is 0 Å². The summed E-state index contributed by atoms with van der Waals surface area (Å²) in [6.45, 7) is 2.12. The highest BCUT2D eigenvalue weighted by molar-refractivity contribution is 6.31. The molecule has 1 saturated carbocycles. The predicted molar refractivity (Wildman–Crippen MR) is 85.2 cm³/mol. The zero-order valence-electron chi connectivity index (χ0n) is 12.0. The Balaban J connectivity index is 1.58. The van der Waals surface area contributed by atoms with E-state index in [1.165, 1.54) is 0 Å². The van der Waals surface area contributed by atoms with Gasteiger partial charge in [0, 0.05) is 17.1 Å². The van der Waals surface area contributed by atoms with Crippen molar-refractivity contribution in [1.29, 1.82) is 0 Å². The first-order valence-corrected chi connectivity index (χ1v) is 7.78. The fraction of sp³-hybridized carbons (Fsp3) is 0.333. The molecule has 0 amide bonds. The molecule has 2 aromatic rings. The van der Waals surface area contributed by atoms with Crippen molar-refractivity contribution >= 4 is 11.6 Å². The van der Waals surface area contributed by atoms with Crippen LogP contribution in [-0.2, 0) is 0 Å². The molecule has 3 heteroatoms. The summed E-state index contributed by atoms with van der Waals surface area (Å²) in [7, 11) is 0. The van der Waals surface area contributed by atoms with E-state index in [1.54, 1.807) is 12.1 Å². The fourth-order valence-corrected chi connectivity index (χ4v) is 3.38. The van der Waals surface area contributed by atoms with Crippen LogP contribution in [0.4, 0.5) is 4.39 Å². The lowest BCUT2D eigenvalue weighted by Crippen LogP contribution is -2.41. The Kier molecular flexibility index (Phi) is 4.27. The van der Waals surface area contributed by atoms with E-state index in [1.807, 2.05) is 36.4 Å². The molecule has 0 saturated heterocycles. The molecule has 0 heterocycles. The number of nitrogens with one attached hydrogen (secondary N) is 1. The zero-order valence-corrected chi connectivity index (χ0v) is 12.8. The molecule has 1 aliphatic carbocycles. The maximum Gasteiger partial charge on any atom is 0.126 e. The van der Waals surface area contributed by atoms with Crippen molar-refractivity contribution in [2.75, 3.05) is 0 Å². The van der Waals surface area contributed by atoms with Crippen molar-refractivity contribution in [3.63, 3.8) is 0 Å². The largest absolute Gasteiger partial charge is 0.307 e. The average Bonchev–Trinajstić information content (AvgIpc) is 2.44. The second kappa shape index (κ2) is 6.17. The van der Waals surface area contributed by atoms with Crippen LogP contribution in [0.5, 0.6) is 0 Å². The third kappa shape index (κ3) is 3.12. The lowest BCUT2D eigenvalue weighted by Gasteiger charge is -2.38. The van der Waals surface area contributed by atoms with Crippen LogP contribution in [0, 0.1) is 5.82 Å². The Morgan fingerprint density at radius 1 is 1.10 bits per heavy atom. The minimum Gasteiger partial charge on any atom is -0.307 e. The van der Waals surface area contributed by atoms with Gasteiger partial charge in [-0.25, -0.2) is 4.39 Å². The van der Waals surface area contributed by atoms with Gasteiger partial charge in [-0.05, 0) is 48.9 Å². The molecule has 21 heavy (non-hydrogen) atoms. The van der Waals surface area contributed by atoms with Gasteiger partial charge in [0.25, 0.3) is 0 Å². The number of rotatable bonds is 4. The monoisotopic (exact) mass is 303 g/mol. The molecule has 1 aliphatic rings. The maximum atomic E-state index is 13.7. The Hall–Kier alpha value is -1.38. The molecule has 0 aromatic heterocycles. The van der Waals surface area contributed by atoms with Crippen LogP contribution in [-0.4, -0.2) is 6.04 Å². The molecule has 0 radical (unpaired) electrons. The van der Waals surface area contributed by atoms with Gasteiger partial charge in [0.15, 0.2) is 0 Å². The Morgan fingerprint density at radius 3 is 2.48 bits per heavy atom. The molecule has 1 atom stereocenters. The summed E-state index contributed by atoms with van der Waals surface area (Å²) in [5.41, 5.74) is 1.97. The van der Waals surface area contributed by atoms with E-state index in [0.717, 1.165) is 29.0 Å². The molecule has 1 fully saturated rings. The van der Waals surface area contributed by atoms with E-state index in [9.17, 15) is 4.39 Å². The average molecular weight is 304 g/mol. The summed E-state index contributed by atoms with van der Waals surface area (Å²) in [5, 5.41) is 4.38. The topological polar surface area (TPSA) is 12.0 Å². The summed E-state index contributed by atoms with van der Waals surface area (Å²) in [6, 6.07) is 15.6. The van der Waals surface area contributed by atoms with Crippen molar-refractivity contribution in [1.82, 2.24) is 5.32 Å². The third-order valence-electron chi connectivity index (χ3n) is 4.34. The van der Waals surface area contributed by atoms with Crippen molar-refractivity contribution in [2.45, 2.75) is 37.8 Å². The van der Waals surface area contributed by atoms with Gasteiger partial charge in [-0.15, -0.1) is 0 Å². The molecule has 1 nitrogen and oxygen atoms in total. The van der Waals surface area contributed by atoms with Gasteiger partial charge in [0.05, 0.1) is 0 Å². The highest BCUT2D eigenvalue weighted by Crippen LogP contribution is 2.39. The van der Waals surface area contributed by atoms with E-state index >= 15 is 0 Å². The second-order valence-electron chi connectivity index (χ2n) is 5.80. The van der Waals surface area contributed by atoms with Crippen LogP contribution >= 0.6 is 11.6 Å². The molecule has 2 aromatic carbocycles. The molecule has 3 rings (SSSR count). The number of halogens is 2. The van der Waals surface area contributed by atoms with Crippen LogP contribution in [0.2, 0.25) is 5.02 Å². The molecule has 0 spiro atoms. The third-order valence-corrected chi connectivity index (χ3v) is 4.68. The standard InChI is InChI=1S/C18H19ClFN/c1-12(15-6-2-4-8-17(15)19)21-14-10-13(11-14)16-7-3-5-9-18(16)20/h2-9,12-14,21H,10-11H2,1H3. The van der Waals surface area contributed by atoms with E-state index in [0.29, 0.717) is 12.0 Å². The number of hydrogen-bond donors (Lipinski definition) is 1. The summed E-state index contributed by atoms with van der Waals surface area (Å²) in [4.78, 5) is 0. The zero-order chi connectivity index (χ0) is 14.8. The first-order chi connectivity index (χ1) is 10.1.